The molecule has 0 saturated carbocycles. The molecular formula is C10H7Cl2N3O. The molecule has 2 rings (SSSR count). The monoisotopic (exact) mass is 255 g/mol. The Hall–Kier alpha value is -1.52. The van der Waals surface area contributed by atoms with Crippen molar-refractivity contribution in [2.45, 2.75) is 0 Å². The Morgan fingerprint density at radius 1 is 1.19 bits per heavy atom. The molecule has 0 amide bonds. The molecule has 6 heteroatoms. The Morgan fingerprint density at radius 2 is 1.81 bits per heavy atom. The number of aromatic amines is 1. The Labute approximate surface area is 101 Å². The number of rotatable bonds is 1. The van der Waals surface area contributed by atoms with Crippen molar-refractivity contribution in [1.29, 1.82) is 0 Å². The van der Waals surface area contributed by atoms with E-state index in [0.717, 1.165) is 0 Å². The van der Waals surface area contributed by atoms with E-state index < -0.39 is 0 Å². The molecule has 0 aliphatic carbocycles. The van der Waals surface area contributed by atoms with E-state index >= 15 is 0 Å². The van der Waals surface area contributed by atoms with Crippen molar-refractivity contribution < 1.29 is 0 Å². The molecule has 0 fully saturated rings. The van der Waals surface area contributed by atoms with Crippen LogP contribution in [0, 0.1) is 0 Å². The van der Waals surface area contributed by atoms with Gasteiger partial charge in [0.25, 0.3) is 5.56 Å². The molecule has 3 N–H and O–H groups in total. The SMILES string of the molecule is Nc1c(Cl)cc(-c2ccc(=O)[nH]n2)cc1Cl. The van der Waals surface area contributed by atoms with Crippen LogP contribution in [0.3, 0.4) is 0 Å². The van der Waals surface area contributed by atoms with Crippen LogP contribution in [0.4, 0.5) is 5.69 Å². The molecule has 0 spiro atoms. The molecule has 0 saturated heterocycles. The third-order valence-electron chi connectivity index (χ3n) is 2.05. The topological polar surface area (TPSA) is 71.8 Å². The lowest BCUT2D eigenvalue weighted by Gasteiger charge is -2.05. The lowest BCUT2D eigenvalue weighted by atomic mass is 10.1. The molecule has 1 aromatic carbocycles. The predicted octanol–water partition coefficient (Wildman–Crippen LogP) is 2.33. The number of aromatic nitrogens is 2. The van der Waals surface area contributed by atoms with Gasteiger partial charge in [-0.15, -0.1) is 0 Å². The van der Waals surface area contributed by atoms with Gasteiger partial charge in [0.05, 0.1) is 21.4 Å². The molecular weight excluding hydrogens is 249 g/mol. The zero-order valence-electron chi connectivity index (χ0n) is 8.00. The summed E-state index contributed by atoms with van der Waals surface area (Å²) in [7, 11) is 0. The first-order valence-corrected chi connectivity index (χ1v) is 5.14. The highest BCUT2D eigenvalue weighted by Crippen LogP contribution is 2.32. The Balaban J connectivity index is 2.56. The molecule has 0 aliphatic rings. The van der Waals surface area contributed by atoms with E-state index in [9.17, 15) is 4.79 Å². The van der Waals surface area contributed by atoms with Crippen LogP contribution in [0.25, 0.3) is 11.3 Å². The smallest absolute Gasteiger partial charge is 0.264 e. The lowest BCUT2D eigenvalue weighted by Crippen LogP contribution is -2.05. The highest BCUT2D eigenvalue weighted by molar-refractivity contribution is 6.39. The molecule has 0 atom stereocenters. The number of hydrogen-bond acceptors (Lipinski definition) is 3. The van der Waals surface area contributed by atoms with Crippen LogP contribution in [0.5, 0.6) is 0 Å². The first kappa shape index (κ1) is 11.0. The zero-order chi connectivity index (χ0) is 11.7. The molecule has 2 aromatic rings. The fourth-order valence-corrected chi connectivity index (χ4v) is 1.72. The minimum atomic E-state index is -0.267. The minimum Gasteiger partial charge on any atom is -0.396 e. The minimum absolute atomic E-state index is 0.267. The van der Waals surface area contributed by atoms with E-state index in [1.807, 2.05) is 0 Å². The van der Waals surface area contributed by atoms with Crippen molar-refractivity contribution in [3.05, 3.63) is 44.7 Å². The molecule has 4 nitrogen and oxygen atoms in total. The van der Waals surface area contributed by atoms with Gasteiger partial charge in [-0.05, 0) is 18.2 Å². The molecule has 16 heavy (non-hydrogen) atoms. The van der Waals surface area contributed by atoms with E-state index in [-0.39, 0.29) is 5.56 Å². The van der Waals surface area contributed by atoms with Gasteiger partial charge in [-0.25, -0.2) is 5.10 Å². The summed E-state index contributed by atoms with van der Waals surface area (Å²) in [6, 6.07) is 6.24. The van der Waals surface area contributed by atoms with Crippen molar-refractivity contribution >= 4 is 28.9 Å². The van der Waals surface area contributed by atoms with Crippen LogP contribution in [0.2, 0.25) is 10.0 Å². The Kier molecular flexibility index (Phi) is 2.85. The summed E-state index contributed by atoms with van der Waals surface area (Å²) < 4.78 is 0. The summed E-state index contributed by atoms with van der Waals surface area (Å²) in [5.74, 6) is 0. The third kappa shape index (κ3) is 2.03. The number of benzene rings is 1. The highest BCUT2D eigenvalue weighted by Gasteiger charge is 2.07. The van der Waals surface area contributed by atoms with Crippen molar-refractivity contribution in [2.24, 2.45) is 0 Å². The summed E-state index contributed by atoms with van der Waals surface area (Å²) in [6.45, 7) is 0. The first-order valence-electron chi connectivity index (χ1n) is 4.38. The molecule has 1 aromatic heterocycles. The number of nitrogen functional groups attached to an aromatic ring is 1. The van der Waals surface area contributed by atoms with Gasteiger partial charge in [-0.2, -0.15) is 5.10 Å². The number of H-pyrrole nitrogens is 1. The van der Waals surface area contributed by atoms with Gasteiger partial charge < -0.3 is 5.73 Å². The predicted molar refractivity (Wildman–Crippen MR) is 64.7 cm³/mol. The summed E-state index contributed by atoms with van der Waals surface area (Å²) in [6.07, 6.45) is 0. The number of anilines is 1. The van der Waals surface area contributed by atoms with Crippen molar-refractivity contribution in [3.8, 4) is 11.3 Å². The van der Waals surface area contributed by atoms with Crippen LogP contribution in [0.15, 0.2) is 29.1 Å². The molecule has 0 aliphatic heterocycles. The van der Waals surface area contributed by atoms with Gasteiger partial charge in [-0.3, -0.25) is 4.79 Å². The van der Waals surface area contributed by atoms with Crippen LogP contribution in [0.1, 0.15) is 0 Å². The second-order valence-corrected chi connectivity index (χ2v) is 3.97. The van der Waals surface area contributed by atoms with Gasteiger partial charge in [0.2, 0.25) is 0 Å². The second-order valence-electron chi connectivity index (χ2n) is 3.16. The van der Waals surface area contributed by atoms with Crippen LogP contribution < -0.4 is 11.3 Å². The van der Waals surface area contributed by atoms with Gasteiger partial charge in [0, 0.05) is 11.6 Å². The standard InChI is InChI=1S/C10H7Cl2N3O/c11-6-3-5(4-7(12)10(6)13)8-1-2-9(16)15-14-8/h1-4H,13H2,(H,15,16). The summed E-state index contributed by atoms with van der Waals surface area (Å²) >= 11 is 11.8. The quantitative estimate of drug-likeness (QED) is 0.769. The molecule has 0 unspecified atom stereocenters. The van der Waals surface area contributed by atoms with E-state index in [0.29, 0.717) is 27.0 Å². The first-order chi connectivity index (χ1) is 7.58. The maximum atomic E-state index is 10.9. The zero-order valence-corrected chi connectivity index (χ0v) is 9.51. The number of halogens is 2. The number of hydrogen-bond donors (Lipinski definition) is 2. The normalized spacial score (nSPS) is 10.4. The van der Waals surface area contributed by atoms with Crippen molar-refractivity contribution in [1.82, 2.24) is 10.2 Å². The average molecular weight is 256 g/mol. The van der Waals surface area contributed by atoms with Gasteiger partial charge in [0.1, 0.15) is 0 Å². The lowest BCUT2D eigenvalue weighted by molar-refractivity contribution is 0.995. The summed E-state index contributed by atoms with van der Waals surface area (Å²) in [4.78, 5) is 10.9. The van der Waals surface area contributed by atoms with E-state index in [2.05, 4.69) is 10.2 Å². The van der Waals surface area contributed by atoms with E-state index in [1.165, 1.54) is 6.07 Å². The number of nitrogens with zero attached hydrogens (tertiary/aromatic N) is 1. The number of nitrogens with two attached hydrogens (primary N) is 1. The molecule has 0 bridgehead atoms. The van der Waals surface area contributed by atoms with Crippen LogP contribution in [-0.4, -0.2) is 10.2 Å². The molecule has 82 valence electrons. The molecule has 0 radical (unpaired) electrons. The maximum absolute atomic E-state index is 10.9. The van der Waals surface area contributed by atoms with Gasteiger partial charge in [-0.1, -0.05) is 23.2 Å². The third-order valence-corrected chi connectivity index (χ3v) is 2.68. The molecule has 1 heterocycles. The number of nitrogens with one attached hydrogen (secondary N) is 1. The second kappa shape index (κ2) is 4.15. The van der Waals surface area contributed by atoms with Crippen LogP contribution >= 0.6 is 23.2 Å². The average Bonchev–Trinajstić information content (AvgIpc) is 2.26. The Bertz CT molecular complexity index is 551. The van der Waals surface area contributed by atoms with Gasteiger partial charge >= 0.3 is 0 Å². The van der Waals surface area contributed by atoms with Gasteiger partial charge in [0.15, 0.2) is 0 Å². The largest absolute Gasteiger partial charge is 0.396 e. The summed E-state index contributed by atoms with van der Waals surface area (Å²) in [5.41, 5.74) is 6.94. The highest BCUT2D eigenvalue weighted by atomic mass is 35.5. The Morgan fingerprint density at radius 3 is 2.31 bits per heavy atom. The fraction of sp³-hybridized carbons (Fsp3) is 0. The van der Waals surface area contributed by atoms with E-state index in [4.69, 9.17) is 28.9 Å². The van der Waals surface area contributed by atoms with Crippen molar-refractivity contribution in [3.63, 3.8) is 0 Å². The van der Waals surface area contributed by atoms with E-state index in [1.54, 1.807) is 18.2 Å². The van der Waals surface area contributed by atoms with Crippen LogP contribution in [-0.2, 0) is 0 Å². The summed E-state index contributed by atoms with van der Waals surface area (Å²) in [5, 5.41) is 6.91. The maximum Gasteiger partial charge on any atom is 0.264 e. The van der Waals surface area contributed by atoms with Crippen molar-refractivity contribution in [2.75, 3.05) is 5.73 Å². The fourth-order valence-electron chi connectivity index (χ4n) is 1.24.